The predicted molar refractivity (Wildman–Crippen MR) is 93.4 cm³/mol. The van der Waals surface area contributed by atoms with Crippen molar-refractivity contribution in [1.29, 1.82) is 0 Å². The van der Waals surface area contributed by atoms with Gasteiger partial charge in [-0.25, -0.2) is 0 Å². The molecule has 2 N–H and O–H groups in total. The van der Waals surface area contributed by atoms with Crippen molar-refractivity contribution in [3.63, 3.8) is 0 Å². The minimum Gasteiger partial charge on any atom is -0.383 e. The molecule has 0 aliphatic carbocycles. The Balaban J connectivity index is 1.87. The van der Waals surface area contributed by atoms with Crippen LogP contribution in [0.2, 0.25) is 0 Å². The number of anilines is 1. The number of carbonyl (C=O) groups is 3. The zero-order valence-electron chi connectivity index (χ0n) is 13.5. The molecule has 0 unspecified atom stereocenters. The quantitative estimate of drug-likeness (QED) is 0.574. The van der Waals surface area contributed by atoms with Crippen molar-refractivity contribution in [3.05, 3.63) is 29.8 Å². The lowest BCUT2D eigenvalue weighted by molar-refractivity contribution is -0.122. The van der Waals surface area contributed by atoms with E-state index in [1.54, 1.807) is 31.4 Å². The van der Waals surface area contributed by atoms with Gasteiger partial charge in [-0.1, -0.05) is 11.8 Å². The number of hydrogen-bond acceptors (Lipinski definition) is 6. The summed E-state index contributed by atoms with van der Waals surface area (Å²) in [6.45, 7) is 2.41. The smallest absolute Gasteiger partial charge is 0.240 e. The van der Waals surface area contributed by atoms with Gasteiger partial charge in [0.25, 0.3) is 0 Å². The normalized spacial score (nSPS) is 18.5. The van der Waals surface area contributed by atoms with Gasteiger partial charge in [-0.05, 0) is 31.2 Å². The first-order chi connectivity index (χ1) is 11.5. The van der Waals surface area contributed by atoms with Gasteiger partial charge < -0.3 is 15.4 Å². The third-order valence-electron chi connectivity index (χ3n) is 3.27. The van der Waals surface area contributed by atoms with Crippen LogP contribution >= 0.6 is 11.8 Å². The van der Waals surface area contributed by atoms with E-state index in [9.17, 15) is 14.4 Å². The van der Waals surface area contributed by atoms with Crippen LogP contribution < -0.4 is 10.6 Å². The van der Waals surface area contributed by atoms with Crippen molar-refractivity contribution in [2.24, 2.45) is 4.99 Å². The Kier molecular flexibility index (Phi) is 6.51. The highest BCUT2D eigenvalue weighted by molar-refractivity contribution is 8.15. The topological polar surface area (TPSA) is 96.9 Å². The maximum absolute atomic E-state index is 12.1. The summed E-state index contributed by atoms with van der Waals surface area (Å²) >= 11 is 1.24. The molecule has 0 radical (unpaired) electrons. The molecule has 2 rings (SSSR count). The molecule has 1 saturated heterocycles. The van der Waals surface area contributed by atoms with Crippen molar-refractivity contribution >= 4 is 40.2 Å². The summed E-state index contributed by atoms with van der Waals surface area (Å²) in [4.78, 5) is 39.3. The van der Waals surface area contributed by atoms with Gasteiger partial charge in [0.15, 0.2) is 11.0 Å². The number of benzene rings is 1. The molecule has 0 aromatic heterocycles. The second-order valence-corrected chi connectivity index (χ2v) is 6.35. The maximum atomic E-state index is 12.1. The van der Waals surface area contributed by atoms with E-state index in [1.165, 1.54) is 18.7 Å². The molecule has 128 valence electrons. The number of Topliss-reactive ketones (excluding diaryl/α,β-unsaturated/α-hetero) is 1. The first kappa shape index (κ1) is 18.2. The lowest BCUT2D eigenvalue weighted by Gasteiger charge is -2.07. The Bertz CT molecular complexity index is 658. The number of carbonyl (C=O) groups excluding carboxylic acids is 3. The number of nitrogens with one attached hydrogen (secondary N) is 2. The van der Waals surface area contributed by atoms with Crippen LogP contribution in [0.1, 0.15) is 23.7 Å². The zero-order chi connectivity index (χ0) is 17.5. The number of ether oxygens (including phenoxy) is 1. The molecule has 1 aromatic carbocycles. The first-order valence-electron chi connectivity index (χ1n) is 7.41. The fourth-order valence-electron chi connectivity index (χ4n) is 2.02. The SMILES string of the molecule is COCCN=C1NC(=O)[C@@H](CC(=O)Nc2ccc(C(C)=O)cc2)S1. The molecule has 1 aliphatic heterocycles. The third-order valence-corrected chi connectivity index (χ3v) is 4.39. The summed E-state index contributed by atoms with van der Waals surface area (Å²) in [7, 11) is 1.58. The number of amides is 2. The molecule has 1 heterocycles. The van der Waals surface area contributed by atoms with E-state index in [2.05, 4.69) is 15.6 Å². The molecule has 1 fully saturated rings. The Morgan fingerprint density at radius 2 is 2.04 bits per heavy atom. The molecule has 1 atom stereocenters. The largest absolute Gasteiger partial charge is 0.383 e. The molecule has 1 aromatic rings. The van der Waals surface area contributed by atoms with Crippen molar-refractivity contribution in [2.45, 2.75) is 18.6 Å². The summed E-state index contributed by atoms with van der Waals surface area (Å²) in [5.74, 6) is -0.526. The molecular formula is C16H19N3O4S. The van der Waals surface area contributed by atoms with E-state index >= 15 is 0 Å². The fraction of sp³-hybridized carbons (Fsp3) is 0.375. The van der Waals surface area contributed by atoms with Gasteiger partial charge in [0, 0.05) is 24.8 Å². The Hall–Kier alpha value is -2.19. The number of aliphatic imine (C=N–C) groups is 1. The highest BCUT2D eigenvalue weighted by atomic mass is 32.2. The van der Waals surface area contributed by atoms with Crippen molar-refractivity contribution in [1.82, 2.24) is 5.32 Å². The van der Waals surface area contributed by atoms with Crippen LogP contribution in [0, 0.1) is 0 Å². The number of methoxy groups -OCH3 is 1. The maximum Gasteiger partial charge on any atom is 0.240 e. The van der Waals surface area contributed by atoms with E-state index in [0.29, 0.717) is 29.6 Å². The van der Waals surface area contributed by atoms with Gasteiger partial charge in [-0.2, -0.15) is 0 Å². The predicted octanol–water partition coefficient (Wildman–Crippen LogP) is 1.45. The molecule has 7 nitrogen and oxygen atoms in total. The van der Waals surface area contributed by atoms with Crippen LogP contribution in [0.4, 0.5) is 5.69 Å². The standard InChI is InChI=1S/C16H19N3O4S/c1-10(20)11-3-5-12(6-4-11)18-14(21)9-13-15(22)19-16(24-13)17-7-8-23-2/h3-6,13H,7-9H2,1-2H3,(H,18,21)(H,17,19,22)/t13-/m1/s1. The molecular weight excluding hydrogens is 330 g/mol. The van der Waals surface area contributed by atoms with E-state index in [1.807, 2.05) is 0 Å². The fourth-order valence-corrected chi connectivity index (χ4v) is 3.02. The summed E-state index contributed by atoms with van der Waals surface area (Å²) in [6.07, 6.45) is 0.0499. The summed E-state index contributed by atoms with van der Waals surface area (Å²) in [5.41, 5.74) is 1.16. The van der Waals surface area contributed by atoms with Crippen LogP contribution in [0.15, 0.2) is 29.3 Å². The summed E-state index contributed by atoms with van der Waals surface area (Å²) in [6, 6.07) is 6.62. The average Bonchev–Trinajstić information content (AvgIpc) is 2.88. The zero-order valence-corrected chi connectivity index (χ0v) is 14.3. The number of ketones is 1. The van der Waals surface area contributed by atoms with Gasteiger partial charge in [0.05, 0.1) is 13.2 Å². The van der Waals surface area contributed by atoms with Gasteiger partial charge in [-0.15, -0.1) is 0 Å². The molecule has 24 heavy (non-hydrogen) atoms. The summed E-state index contributed by atoms with van der Waals surface area (Å²) < 4.78 is 4.90. The van der Waals surface area contributed by atoms with E-state index < -0.39 is 5.25 Å². The second-order valence-electron chi connectivity index (χ2n) is 5.16. The molecule has 1 aliphatic rings. The Morgan fingerprint density at radius 3 is 2.67 bits per heavy atom. The lowest BCUT2D eigenvalue weighted by Crippen LogP contribution is -2.28. The van der Waals surface area contributed by atoms with Crippen molar-refractivity contribution in [2.75, 3.05) is 25.6 Å². The van der Waals surface area contributed by atoms with Crippen LogP contribution in [-0.2, 0) is 14.3 Å². The monoisotopic (exact) mass is 349 g/mol. The van der Waals surface area contributed by atoms with E-state index in [4.69, 9.17) is 4.74 Å². The Morgan fingerprint density at radius 1 is 1.33 bits per heavy atom. The Labute approximate surface area is 144 Å². The van der Waals surface area contributed by atoms with Gasteiger partial charge in [0.2, 0.25) is 11.8 Å². The highest BCUT2D eigenvalue weighted by Gasteiger charge is 2.31. The van der Waals surface area contributed by atoms with E-state index in [0.717, 1.165) is 0 Å². The minimum atomic E-state index is -0.497. The molecule has 2 amide bonds. The van der Waals surface area contributed by atoms with Crippen molar-refractivity contribution in [3.8, 4) is 0 Å². The molecule has 0 saturated carbocycles. The van der Waals surface area contributed by atoms with Gasteiger partial charge in [-0.3, -0.25) is 19.4 Å². The first-order valence-corrected chi connectivity index (χ1v) is 8.29. The van der Waals surface area contributed by atoms with Crippen LogP contribution in [0.25, 0.3) is 0 Å². The molecule has 8 heteroatoms. The van der Waals surface area contributed by atoms with Crippen LogP contribution in [0.5, 0.6) is 0 Å². The molecule has 0 spiro atoms. The van der Waals surface area contributed by atoms with Gasteiger partial charge in [0.1, 0.15) is 5.25 Å². The number of thioether (sulfide) groups is 1. The van der Waals surface area contributed by atoms with Crippen LogP contribution in [-0.4, -0.2) is 48.3 Å². The van der Waals surface area contributed by atoms with Crippen molar-refractivity contribution < 1.29 is 19.1 Å². The molecule has 0 bridgehead atoms. The number of hydrogen-bond donors (Lipinski definition) is 2. The number of rotatable bonds is 7. The highest BCUT2D eigenvalue weighted by Crippen LogP contribution is 2.23. The second kappa shape index (κ2) is 8.60. The average molecular weight is 349 g/mol. The van der Waals surface area contributed by atoms with Gasteiger partial charge >= 0.3 is 0 Å². The minimum absolute atomic E-state index is 0.0350. The van der Waals surface area contributed by atoms with E-state index in [-0.39, 0.29) is 24.0 Å². The van der Waals surface area contributed by atoms with Crippen LogP contribution in [0.3, 0.4) is 0 Å². The third kappa shape index (κ3) is 5.17. The number of nitrogens with zero attached hydrogens (tertiary/aromatic N) is 1. The number of amidine groups is 1. The lowest BCUT2D eigenvalue weighted by atomic mass is 10.1. The summed E-state index contributed by atoms with van der Waals surface area (Å²) in [5, 5.41) is 5.39.